The summed E-state index contributed by atoms with van der Waals surface area (Å²) in [7, 11) is 0. The van der Waals surface area contributed by atoms with Gasteiger partial charge in [-0.25, -0.2) is 4.57 Å². The zero-order chi connectivity index (χ0) is 23.0. The van der Waals surface area contributed by atoms with Crippen LogP contribution in [0.4, 0.5) is 0 Å². The van der Waals surface area contributed by atoms with Gasteiger partial charge < -0.3 is 0 Å². The molecule has 0 saturated heterocycles. The third kappa shape index (κ3) is 18.7. The second-order valence-corrected chi connectivity index (χ2v) is 10.3. The first-order valence-electron chi connectivity index (χ1n) is 14.8. The van der Waals surface area contributed by atoms with Crippen molar-refractivity contribution < 1.29 is 4.57 Å². The fourth-order valence-electron chi connectivity index (χ4n) is 4.76. The summed E-state index contributed by atoms with van der Waals surface area (Å²) in [4.78, 5) is 0. The molecule has 0 atom stereocenters. The van der Waals surface area contributed by atoms with Crippen LogP contribution in [-0.4, -0.2) is 0 Å². The molecule has 0 N–H and O–H groups in total. The van der Waals surface area contributed by atoms with Crippen LogP contribution in [0.3, 0.4) is 0 Å². The Labute approximate surface area is 202 Å². The lowest BCUT2D eigenvalue weighted by Crippen LogP contribution is -2.32. The lowest BCUT2D eigenvalue weighted by molar-refractivity contribution is -0.697. The van der Waals surface area contributed by atoms with E-state index in [1.54, 1.807) is 0 Å². The first-order valence-corrected chi connectivity index (χ1v) is 14.8. The molecule has 0 fully saturated rings. The van der Waals surface area contributed by atoms with Crippen LogP contribution in [0.5, 0.6) is 0 Å². The Morgan fingerprint density at radius 2 is 0.781 bits per heavy atom. The van der Waals surface area contributed by atoms with Crippen LogP contribution in [0.25, 0.3) is 0 Å². The van der Waals surface area contributed by atoms with E-state index in [0.29, 0.717) is 0 Å². The summed E-state index contributed by atoms with van der Waals surface area (Å²) in [6.07, 6.45) is 37.3. The van der Waals surface area contributed by atoms with Gasteiger partial charge in [0.1, 0.15) is 6.54 Å². The number of hydrogen-bond donors (Lipinski definition) is 0. The maximum atomic E-state index is 2.39. The Kier molecular flexibility index (Phi) is 21.3. The van der Waals surface area contributed by atoms with E-state index in [4.69, 9.17) is 0 Å². The SMILES string of the molecule is CCCCCCCCCCCCCCCCC[n+]1ccc(CCCCCCCCC)cc1. The van der Waals surface area contributed by atoms with E-state index >= 15 is 0 Å². The Hall–Kier alpha value is -0.850. The van der Waals surface area contributed by atoms with Crippen LogP contribution >= 0.6 is 0 Å². The van der Waals surface area contributed by atoms with E-state index in [1.165, 1.54) is 160 Å². The minimum atomic E-state index is 1.19. The molecular weight excluding hydrogens is 386 g/mol. The average molecular weight is 445 g/mol. The van der Waals surface area contributed by atoms with Crippen molar-refractivity contribution in [1.29, 1.82) is 0 Å². The molecule has 1 aromatic rings. The highest BCUT2D eigenvalue weighted by Gasteiger charge is 2.02. The van der Waals surface area contributed by atoms with Crippen molar-refractivity contribution >= 4 is 0 Å². The molecule has 186 valence electrons. The Morgan fingerprint density at radius 1 is 0.438 bits per heavy atom. The summed E-state index contributed by atoms with van der Waals surface area (Å²) < 4.78 is 2.39. The molecule has 0 spiro atoms. The molecule has 0 amide bonds. The molecule has 0 aliphatic rings. The quantitative estimate of drug-likeness (QED) is 0.110. The maximum absolute atomic E-state index is 2.39. The average Bonchev–Trinajstić information content (AvgIpc) is 2.82. The second kappa shape index (κ2) is 23.3. The van der Waals surface area contributed by atoms with Gasteiger partial charge in [-0.2, -0.15) is 0 Å². The van der Waals surface area contributed by atoms with Gasteiger partial charge in [0, 0.05) is 18.6 Å². The van der Waals surface area contributed by atoms with Crippen LogP contribution in [0.2, 0.25) is 0 Å². The van der Waals surface area contributed by atoms with Gasteiger partial charge in [-0.3, -0.25) is 0 Å². The highest BCUT2D eigenvalue weighted by atomic mass is 14.9. The third-order valence-corrected chi connectivity index (χ3v) is 7.05. The normalized spacial score (nSPS) is 11.3. The monoisotopic (exact) mass is 444 g/mol. The number of pyridine rings is 1. The zero-order valence-corrected chi connectivity index (χ0v) is 22.2. The number of aryl methyl sites for hydroxylation is 2. The third-order valence-electron chi connectivity index (χ3n) is 7.05. The molecule has 0 radical (unpaired) electrons. The zero-order valence-electron chi connectivity index (χ0n) is 22.2. The topological polar surface area (TPSA) is 3.88 Å². The van der Waals surface area contributed by atoms with Gasteiger partial charge in [-0.15, -0.1) is 0 Å². The molecule has 1 aromatic heterocycles. The molecule has 1 heteroatoms. The van der Waals surface area contributed by atoms with E-state index < -0.39 is 0 Å². The fourth-order valence-corrected chi connectivity index (χ4v) is 4.76. The van der Waals surface area contributed by atoms with Crippen LogP contribution in [0.15, 0.2) is 24.5 Å². The van der Waals surface area contributed by atoms with E-state index in [9.17, 15) is 0 Å². The van der Waals surface area contributed by atoms with Crippen molar-refractivity contribution in [3.05, 3.63) is 30.1 Å². The van der Waals surface area contributed by atoms with Crippen molar-refractivity contribution in [2.75, 3.05) is 0 Å². The van der Waals surface area contributed by atoms with Gasteiger partial charge in [-0.05, 0) is 24.8 Å². The van der Waals surface area contributed by atoms with Crippen molar-refractivity contribution in [2.45, 2.75) is 168 Å². The summed E-state index contributed by atoms with van der Waals surface area (Å²) in [6, 6.07) is 4.70. The predicted octanol–water partition coefficient (Wildman–Crippen LogP) is 10.1. The largest absolute Gasteiger partial charge is 0.205 e. The molecule has 0 aliphatic heterocycles. The maximum Gasteiger partial charge on any atom is 0.169 e. The first-order chi connectivity index (χ1) is 15.9. The van der Waals surface area contributed by atoms with Crippen molar-refractivity contribution in [1.82, 2.24) is 0 Å². The van der Waals surface area contributed by atoms with Gasteiger partial charge in [-0.1, -0.05) is 136 Å². The number of nitrogens with zero attached hydrogens (tertiary/aromatic N) is 1. The summed E-state index contributed by atoms with van der Waals surface area (Å²) >= 11 is 0. The summed E-state index contributed by atoms with van der Waals surface area (Å²) in [6.45, 7) is 5.78. The first kappa shape index (κ1) is 29.2. The van der Waals surface area contributed by atoms with Gasteiger partial charge in [0.25, 0.3) is 0 Å². The van der Waals surface area contributed by atoms with E-state index in [0.717, 1.165) is 0 Å². The highest BCUT2D eigenvalue weighted by Crippen LogP contribution is 2.13. The molecule has 1 rings (SSSR count). The van der Waals surface area contributed by atoms with Gasteiger partial charge in [0.05, 0.1) is 0 Å². The molecular formula is C31H58N+. The van der Waals surface area contributed by atoms with Crippen molar-refractivity contribution in [3.63, 3.8) is 0 Å². The molecule has 0 unspecified atom stereocenters. The lowest BCUT2D eigenvalue weighted by Gasteiger charge is -2.04. The van der Waals surface area contributed by atoms with Gasteiger partial charge in [0.15, 0.2) is 12.4 Å². The highest BCUT2D eigenvalue weighted by molar-refractivity contribution is 5.07. The molecule has 1 nitrogen and oxygen atoms in total. The molecule has 1 heterocycles. The fraction of sp³-hybridized carbons (Fsp3) is 0.839. The summed E-state index contributed by atoms with van der Waals surface area (Å²) in [5.41, 5.74) is 1.52. The Bertz CT molecular complexity index is 478. The van der Waals surface area contributed by atoms with Crippen LogP contribution in [0.1, 0.15) is 161 Å². The number of aromatic nitrogens is 1. The van der Waals surface area contributed by atoms with Gasteiger partial charge >= 0.3 is 0 Å². The minimum Gasteiger partial charge on any atom is -0.205 e. The smallest absolute Gasteiger partial charge is 0.169 e. The van der Waals surface area contributed by atoms with Crippen LogP contribution < -0.4 is 4.57 Å². The standard InChI is InChI=1S/C31H58N/c1-3-5-7-9-11-12-13-14-15-16-17-18-20-22-24-28-32-29-26-31(27-30-32)25-23-21-19-10-8-6-4-2/h26-27,29-30H,3-25,28H2,1-2H3/q+1. The number of rotatable bonds is 24. The van der Waals surface area contributed by atoms with E-state index in [2.05, 4.69) is 42.9 Å². The number of hydrogen-bond acceptors (Lipinski definition) is 0. The molecule has 32 heavy (non-hydrogen) atoms. The van der Waals surface area contributed by atoms with Crippen LogP contribution in [-0.2, 0) is 13.0 Å². The molecule has 0 aromatic carbocycles. The van der Waals surface area contributed by atoms with Crippen molar-refractivity contribution in [2.24, 2.45) is 0 Å². The predicted molar refractivity (Wildman–Crippen MR) is 143 cm³/mol. The van der Waals surface area contributed by atoms with Crippen LogP contribution in [0, 0.1) is 0 Å². The lowest BCUT2D eigenvalue weighted by atomic mass is 10.0. The second-order valence-electron chi connectivity index (χ2n) is 10.3. The molecule has 0 bridgehead atoms. The van der Waals surface area contributed by atoms with Gasteiger partial charge in [0.2, 0.25) is 0 Å². The molecule has 0 aliphatic carbocycles. The summed E-state index contributed by atoms with van der Waals surface area (Å²) in [5.74, 6) is 0. The number of unbranched alkanes of at least 4 members (excludes halogenated alkanes) is 20. The van der Waals surface area contributed by atoms with E-state index in [1.807, 2.05) is 0 Å². The molecule has 0 saturated carbocycles. The van der Waals surface area contributed by atoms with Crippen molar-refractivity contribution in [3.8, 4) is 0 Å². The Balaban J connectivity index is 1.86. The Morgan fingerprint density at radius 3 is 1.19 bits per heavy atom. The minimum absolute atomic E-state index is 1.19. The van der Waals surface area contributed by atoms with E-state index in [-0.39, 0.29) is 0 Å². The summed E-state index contributed by atoms with van der Waals surface area (Å²) in [5, 5.41) is 0.